The van der Waals surface area contributed by atoms with E-state index in [-0.39, 0.29) is 17.5 Å². The van der Waals surface area contributed by atoms with Gasteiger partial charge in [0.25, 0.3) is 10.2 Å². The van der Waals surface area contributed by atoms with Crippen LogP contribution in [0.5, 0.6) is 0 Å². The van der Waals surface area contributed by atoms with Crippen molar-refractivity contribution in [2.75, 3.05) is 37.7 Å². The zero-order valence-corrected chi connectivity index (χ0v) is 16.5. The van der Waals surface area contributed by atoms with Crippen molar-refractivity contribution in [3.63, 3.8) is 0 Å². The van der Waals surface area contributed by atoms with Crippen molar-refractivity contribution in [2.24, 2.45) is 0 Å². The summed E-state index contributed by atoms with van der Waals surface area (Å²) in [7, 11) is -6.90. The Labute approximate surface area is 155 Å². The van der Waals surface area contributed by atoms with E-state index in [2.05, 4.69) is 4.90 Å². The number of benzene rings is 1. The molecule has 7 nitrogen and oxygen atoms in total. The van der Waals surface area contributed by atoms with Gasteiger partial charge < -0.3 is 0 Å². The fourth-order valence-electron chi connectivity index (χ4n) is 4.49. The van der Waals surface area contributed by atoms with Gasteiger partial charge in [0, 0.05) is 32.2 Å². The minimum Gasteiger partial charge on any atom is -0.297 e. The summed E-state index contributed by atoms with van der Waals surface area (Å²) in [5.74, 6) is -0.0157. The maximum atomic E-state index is 13.3. The van der Waals surface area contributed by atoms with Crippen molar-refractivity contribution in [1.82, 2.24) is 13.5 Å². The Balaban J connectivity index is 1.62. The largest absolute Gasteiger partial charge is 0.297 e. The van der Waals surface area contributed by atoms with Gasteiger partial charge in [0.2, 0.25) is 0 Å². The van der Waals surface area contributed by atoms with Crippen LogP contribution in [-0.4, -0.2) is 80.1 Å². The van der Waals surface area contributed by atoms with E-state index >= 15 is 0 Å². The Morgan fingerprint density at radius 1 is 1.04 bits per heavy atom. The van der Waals surface area contributed by atoms with E-state index in [1.807, 2.05) is 31.2 Å². The zero-order chi connectivity index (χ0) is 18.5. The SMILES string of the molecule is CCN1CCN(S(=O)(=O)N2CCc3ccccc3C2)[C@H]2CS(=O)(=O)C[C@H]21. The van der Waals surface area contributed by atoms with Gasteiger partial charge in [-0.05, 0) is 24.1 Å². The van der Waals surface area contributed by atoms with Crippen molar-refractivity contribution in [3.05, 3.63) is 35.4 Å². The van der Waals surface area contributed by atoms with Crippen LogP contribution >= 0.6 is 0 Å². The fraction of sp³-hybridized carbons (Fsp3) is 0.647. The Morgan fingerprint density at radius 2 is 1.73 bits per heavy atom. The standard InChI is InChI=1S/C17H25N3O4S2/c1-2-18-9-10-20(17-13-25(21,22)12-16(17)18)26(23,24)19-8-7-14-5-3-4-6-15(14)11-19/h3-6,16-17H,2,7-13H2,1H3/t16-,17+/m1/s1. The molecule has 0 radical (unpaired) electrons. The summed E-state index contributed by atoms with van der Waals surface area (Å²) in [6, 6.07) is 7.20. The first kappa shape index (κ1) is 18.4. The van der Waals surface area contributed by atoms with Gasteiger partial charge in [-0.3, -0.25) is 4.90 Å². The van der Waals surface area contributed by atoms with Gasteiger partial charge in [-0.25, -0.2) is 8.42 Å². The molecule has 0 aliphatic carbocycles. The molecule has 3 heterocycles. The summed E-state index contributed by atoms with van der Waals surface area (Å²) in [5, 5.41) is 0. The first-order valence-electron chi connectivity index (χ1n) is 9.10. The van der Waals surface area contributed by atoms with Crippen LogP contribution in [0.4, 0.5) is 0 Å². The molecular formula is C17H25N3O4S2. The van der Waals surface area contributed by atoms with Crippen molar-refractivity contribution in [2.45, 2.75) is 32.0 Å². The lowest BCUT2D eigenvalue weighted by Gasteiger charge is -2.44. The Morgan fingerprint density at radius 3 is 2.46 bits per heavy atom. The smallest absolute Gasteiger partial charge is 0.282 e. The monoisotopic (exact) mass is 399 g/mol. The third kappa shape index (κ3) is 3.09. The van der Waals surface area contributed by atoms with Gasteiger partial charge in [0.1, 0.15) is 0 Å². The highest BCUT2D eigenvalue weighted by molar-refractivity contribution is 7.92. The lowest BCUT2D eigenvalue weighted by molar-refractivity contribution is 0.0955. The van der Waals surface area contributed by atoms with E-state index in [0.29, 0.717) is 32.6 Å². The third-order valence-corrected chi connectivity index (χ3v) is 9.57. The van der Waals surface area contributed by atoms with E-state index in [4.69, 9.17) is 0 Å². The molecule has 9 heteroatoms. The summed E-state index contributed by atoms with van der Waals surface area (Å²) >= 11 is 0. The number of fused-ring (bicyclic) bond motifs is 2. The van der Waals surface area contributed by atoms with Crippen molar-refractivity contribution in [1.29, 1.82) is 0 Å². The normalized spacial score (nSPS) is 30.0. The van der Waals surface area contributed by atoms with Gasteiger partial charge in [-0.15, -0.1) is 0 Å². The van der Waals surface area contributed by atoms with E-state index in [0.717, 1.165) is 12.1 Å². The zero-order valence-electron chi connectivity index (χ0n) is 14.9. The van der Waals surface area contributed by atoms with Crippen LogP contribution in [0.1, 0.15) is 18.1 Å². The van der Waals surface area contributed by atoms with Crippen LogP contribution in [-0.2, 0) is 33.0 Å². The third-order valence-electron chi connectivity index (χ3n) is 5.86. The van der Waals surface area contributed by atoms with Crippen LogP contribution in [0.3, 0.4) is 0 Å². The van der Waals surface area contributed by atoms with Crippen LogP contribution in [0.2, 0.25) is 0 Å². The van der Waals surface area contributed by atoms with Crippen LogP contribution in [0.25, 0.3) is 0 Å². The van der Waals surface area contributed by atoms with Crippen LogP contribution in [0.15, 0.2) is 24.3 Å². The minimum absolute atomic E-state index is 0.0559. The number of nitrogens with zero attached hydrogens (tertiary/aromatic N) is 3. The summed E-state index contributed by atoms with van der Waals surface area (Å²) in [4.78, 5) is 2.10. The first-order valence-corrected chi connectivity index (χ1v) is 12.3. The molecule has 0 unspecified atom stereocenters. The Kier molecular flexibility index (Phi) is 4.63. The maximum absolute atomic E-state index is 13.3. The molecule has 2 fully saturated rings. The Hall–Kier alpha value is -1.00. The molecule has 1 aromatic rings. The molecule has 0 bridgehead atoms. The molecule has 4 rings (SSSR count). The summed E-state index contributed by atoms with van der Waals surface area (Å²) in [5.41, 5.74) is 2.22. The molecular weight excluding hydrogens is 374 g/mol. The quantitative estimate of drug-likeness (QED) is 0.720. The van der Waals surface area contributed by atoms with Crippen molar-refractivity contribution >= 4 is 20.0 Å². The maximum Gasteiger partial charge on any atom is 0.282 e. The first-order chi connectivity index (χ1) is 12.3. The van der Waals surface area contributed by atoms with Gasteiger partial charge in [-0.2, -0.15) is 17.0 Å². The Bertz CT molecular complexity index is 900. The molecule has 3 aliphatic heterocycles. The highest BCUT2D eigenvalue weighted by atomic mass is 32.2. The van der Waals surface area contributed by atoms with Crippen molar-refractivity contribution in [3.8, 4) is 0 Å². The molecule has 144 valence electrons. The number of hydrogen-bond acceptors (Lipinski definition) is 5. The van der Waals surface area contributed by atoms with E-state index in [1.165, 1.54) is 14.2 Å². The molecule has 0 amide bonds. The van der Waals surface area contributed by atoms with Gasteiger partial charge in [-0.1, -0.05) is 31.2 Å². The molecule has 2 atom stereocenters. The second-order valence-electron chi connectivity index (χ2n) is 7.31. The number of likely N-dealkylation sites (N-methyl/N-ethyl adjacent to an activating group) is 1. The second-order valence-corrected chi connectivity index (χ2v) is 11.3. The number of piperazine rings is 1. The van der Waals surface area contributed by atoms with Gasteiger partial charge in [0.05, 0.1) is 17.5 Å². The molecule has 0 aromatic heterocycles. The summed E-state index contributed by atoms with van der Waals surface area (Å²) in [6.45, 7) is 4.46. The highest BCUT2D eigenvalue weighted by Gasteiger charge is 2.50. The average Bonchev–Trinajstić information content (AvgIpc) is 2.95. The fourth-order valence-corrected chi connectivity index (χ4v) is 8.38. The predicted molar refractivity (Wildman–Crippen MR) is 99.7 cm³/mol. The highest BCUT2D eigenvalue weighted by Crippen LogP contribution is 2.31. The topological polar surface area (TPSA) is 78.0 Å². The molecule has 0 N–H and O–H groups in total. The van der Waals surface area contributed by atoms with Gasteiger partial charge in [0.15, 0.2) is 9.84 Å². The van der Waals surface area contributed by atoms with Crippen LogP contribution < -0.4 is 0 Å². The molecule has 3 aliphatic rings. The molecule has 26 heavy (non-hydrogen) atoms. The summed E-state index contributed by atoms with van der Waals surface area (Å²) in [6.07, 6.45) is 0.691. The molecule has 0 spiro atoms. The predicted octanol–water partition coefficient (Wildman–Crippen LogP) is 0.0926. The van der Waals surface area contributed by atoms with E-state index in [9.17, 15) is 16.8 Å². The van der Waals surface area contributed by atoms with Gasteiger partial charge >= 0.3 is 0 Å². The molecule has 2 saturated heterocycles. The number of hydrogen-bond donors (Lipinski definition) is 0. The average molecular weight is 400 g/mol. The van der Waals surface area contributed by atoms with E-state index in [1.54, 1.807) is 0 Å². The second kappa shape index (κ2) is 6.56. The molecule has 0 saturated carbocycles. The van der Waals surface area contributed by atoms with Crippen molar-refractivity contribution < 1.29 is 16.8 Å². The lowest BCUT2D eigenvalue weighted by Crippen LogP contribution is -2.62. The van der Waals surface area contributed by atoms with Crippen LogP contribution in [0, 0.1) is 0 Å². The lowest BCUT2D eigenvalue weighted by atomic mass is 10.0. The summed E-state index contributed by atoms with van der Waals surface area (Å²) < 4.78 is 54.1. The number of sulfone groups is 1. The molecule has 1 aromatic carbocycles. The number of rotatable bonds is 3. The minimum atomic E-state index is -3.69. The van der Waals surface area contributed by atoms with E-state index < -0.39 is 26.1 Å².